The number of hydrogen-bond acceptors (Lipinski definition) is 3. The fraction of sp³-hybridized carbons (Fsp3) is 0.455. The number of ether oxygens (including phenoxy) is 1. The summed E-state index contributed by atoms with van der Waals surface area (Å²) in [5.74, 6) is 1.34. The van der Waals surface area contributed by atoms with E-state index in [2.05, 4.69) is 5.32 Å². The normalized spacial score (nSPS) is 14.8. The van der Waals surface area contributed by atoms with Crippen molar-refractivity contribution in [3.63, 3.8) is 0 Å². The molecule has 0 saturated carbocycles. The molecule has 2 N–H and O–H groups in total. The van der Waals surface area contributed by atoms with Crippen molar-refractivity contribution in [2.75, 3.05) is 6.73 Å². The lowest BCUT2D eigenvalue weighted by atomic mass is 9.97. The summed E-state index contributed by atoms with van der Waals surface area (Å²) in [7, 11) is 0. The topological polar surface area (TPSA) is 41.5 Å². The van der Waals surface area contributed by atoms with Gasteiger partial charge in [-0.2, -0.15) is 0 Å². The molecular formula is C11H15NO2. The average molecular weight is 193 g/mol. The number of aromatic hydroxyl groups is 1. The molecule has 0 bridgehead atoms. The molecule has 0 saturated heterocycles. The second-order valence-electron chi connectivity index (χ2n) is 3.75. The number of phenolic OH excluding ortho intramolecular Hbond substituents is 1. The Labute approximate surface area is 83.7 Å². The summed E-state index contributed by atoms with van der Waals surface area (Å²) in [6.07, 6.45) is 0. The van der Waals surface area contributed by atoms with Crippen molar-refractivity contribution in [1.29, 1.82) is 0 Å². The third kappa shape index (κ3) is 1.16. The highest BCUT2D eigenvalue weighted by Crippen LogP contribution is 2.37. The first-order valence-electron chi connectivity index (χ1n) is 4.78. The summed E-state index contributed by atoms with van der Waals surface area (Å²) < 4.78 is 5.55. The molecule has 3 nitrogen and oxygen atoms in total. The monoisotopic (exact) mass is 193 g/mol. The molecule has 0 amide bonds. The predicted octanol–water partition coefficient (Wildman–Crippen LogP) is 1.76. The zero-order valence-corrected chi connectivity index (χ0v) is 8.77. The molecule has 1 aliphatic rings. The Morgan fingerprint density at radius 3 is 2.57 bits per heavy atom. The molecule has 1 aromatic carbocycles. The van der Waals surface area contributed by atoms with E-state index < -0.39 is 0 Å². The van der Waals surface area contributed by atoms with E-state index in [-0.39, 0.29) is 0 Å². The zero-order chi connectivity index (χ0) is 10.3. The third-order valence-corrected chi connectivity index (χ3v) is 2.96. The Hall–Kier alpha value is -1.22. The SMILES string of the molecule is Cc1c(C)c2c(c(C)c1O)CNCO2. The Balaban J connectivity index is 2.71. The fourth-order valence-electron chi connectivity index (χ4n) is 1.88. The van der Waals surface area contributed by atoms with Crippen molar-refractivity contribution in [2.45, 2.75) is 27.3 Å². The molecule has 0 atom stereocenters. The van der Waals surface area contributed by atoms with Gasteiger partial charge in [-0.05, 0) is 37.5 Å². The maximum atomic E-state index is 9.86. The fourth-order valence-corrected chi connectivity index (χ4v) is 1.88. The summed E-state index contributed by atoms with van der Waals surface area (Å²) in [4.78, 5) is 0. The lowest BCUT2D eigenvalue weighted by molar-refractivity contribution is 0.253. The van der Waals surface area contributed by atoms with Crippen molar-refractivity contribution < 1.29 is 9.84 Å². The van der Waals surface area contributed by atoms with Gasteiger partial charge >= 0.3 is 0 Å². The van der Waals surface area contributed by atoms with Gasteiger partial charge in [-0.15, -0.1) is 0 Å². The summed E-state index contributed by atoms with van der Waals surface area (Å²) >= 11 is 0. The molecule has 0 aliphatic carbocycles. The molecule has 0 spiro atoms. The van der Waals surface area contributed by atoms with E-state index in [0.717, 1.165) is 34.5 Å². The Bertz CT molecular complexity index is 349. The standard InChI is InChI=1S/C11H15NO2/c1-6-7(2)11-9(4-12-5-14-11)8(3)10(6)13/h12-13H,4-5H2,1-3H3. The van der Waals surface area contributed by atoms with Crippen LogP contribution < -0.4 is 10.1 Å². The Morgan fingerprint density at radius 1 is 1.14 bits per heavy atom. The molecule has 0 unspecified atom stereocenters. The molecular weight excluding hydrogens is 178 g/mol. The number of rotatable bonds is 0. The van der Waals surface area contributed by atoms with E-state index in [1.165, 1.54) is 0 Å². The maximum Gasteiger partial charge on any atom is 0.139 e. The van der Waals surface area contributed by atoms with E-state index in [1.807, 2.05) is 20.8 Å². The predicted molar refractivity (Wildman–Crippen MR) is 54.7 cm³/mol. The van der Waals surface area contributed by atoms with E-state index >= 15 is 0 Å². The van der Waals surface area contributed by atoms with Gasteiger partial charge in [-0.25, -0.2) is 0 Å². The number of fused-ring (bicyclic) bond motifs is 1. The van der Waals surface area contributed by atoms with Crippen LogP contribution in [0.5, 0.6) is 11.5 Å². The smallest absolute Gasteiger partial charge is 0.139 e. The van der Waals surface area contributed by atoms with Gasteiger partial charge in [0.1, 0.15) is 18.2 Å². The summed E-state index contributed by atoms with van der Waals surface area (Å²) in [6, 6.07) is 0. The molecule has 0 fully saturated rings. The highest BCUT2D eigenvalue weighted by atomic mass is 16.5. The minimum absolute atomic E-state index is 0.397. The van der Waals surface area contributed by atoms with Crippen LogP contribution in [0, 0.1) is 20.8 Å². The lowest BCUT2D eigenvalue weighted by Crippen LogP contribution is -2.26. The van der Waals surface area contributed by atoms with Gasteiger partial charge in [0.15, 0.2) is 0 Å². The van der Waals surface area contributed by atoms with Crippen LogP contribution in [0.2, 0.25) is 0 Å². The second-order valence-corrected chi connectivity index (χ2v) is 3.75. The first-order valence-corrected chi connectivity index (χ1v) is 4.78. The average Bonchev–Trinajstić information content (AvgIpc) is 2.23. The maximum absolute atomic E-state index is 9.86. The molecule has 1 heterocycles. The van der Waals surface area contributed by atoms with Crippen LogP contribution in [0.3, 0.4) is 0 Å². The van der Waals surface area contributed by atoms with Gasteiger partial charge in [0.05, 0.1) is 0 Å². The number of hydrogen-bond donors (Lipinski definition) is 2. The highest BCUT2D eigenvalue weighted by Gasteiger charge is 2.20. The van der Waals surface area contributed by atoms with Gasteiger partial charge in [-0.1, -0.05) is 0 Å². The quantitative estimate of drug-likeness (QED) is 0.659. The minimum atomic E-state index is 0.397. The summed E-state index contributed by atoms with van der Waals surface area (Å²) in [5.41, 5.74) is 3.97. The molecule has 0 aromatic heterocycles. The lowest BCUT2D eigenvalue weighted by Gasteiger charge is -2.24. The molecule has 0 radical (unpaired) electrons. The van der Waals surface area contributed by atoms with Crippen molar-refractivity contribution in [1.82, 2.24) is 5.32 Å². The van der Waals surface area contributed by atoms with Gasteiger partial charge in [-0.3, -0.25) is 5.32 Å². The molecule has 14 heavy (non-hydrogen) atoms. The van der Waals surface area contributed by atoms with Crippen molar-refractivity contribution in [3.05, 3.63) is 22.3 Å². The van der Waals surface area contributed by atoms with Gasteiger partial charge in [0, 0.05) is 12.1 Å². The number of benzene rings is 1. The molecule has 1 aliphatic heterocycles. The van der Waals surface area contributed by atoms with Crippen molar-refractivity contribution >= 4 is 0 Å². The van der Waals surface area contributed by atoms with Crippen LogP contribution in [-0.4, -0.2) is 11.8 Å². The van der Waals surface area contributed by atoms with Gasteiger partial charge < -0.3 is 9.84 Å². The first-order chi connectivity index (χ1) is 6.63. The number of phenols is 1. The van der Waals surface area contributed by atoms with E-state index in [9.17, 15) is 5.11 Å². The van der Waals surface area contributed by atoms with Crippen LogP contribution >= 0.6 is 0 Å². The van der Waals surface area contributed by atoms with Crippen LogP contribution in [-0.2, 0) is 6.54 Å². The highest BCUT2D eigenvalue weighted by molar-refractivity contribution is 5.57. The molecule has 2 rings (SSSR count). The van der Waals surface area contributed by atoms with Gasteiger partial charge in [0.25, 0.3) is 0 Å². The molecule has 76 valence electrons. The first kappa shape index (κ1) is 9.34. The van der Waals surface area contributed by atoms with E-state index in [1.54, 1.807) is 0 Å². The summed E-state index contributed by atoms with van der Waals surface area (Å²) in [5, 5.41) is 13.0. The van der Waals surface area contributed by atoms with Crippen molar-refractivity contribution in [2.24, 2.45) is 0 Å². The van der Waals surface area contributed by atoms with Crippen LogP contribution in [0.25, 0.3) is 0 Å². The van der Waals surface area contributed by atoms with Crippen LogP contribution in [0.15, 0.2) is 0 Å². The minimum Gasteiger partial charge on any atom is -0.507 e. The van der Waals surface area contributed by atoms with E-state index in [0.29, 0.717) is 12.5 Å². The Kier molecular flexibility index (Phi) is 2.11. The summed E-state index contributed by atoms with van der Waals surface area (Å²) in [6.45, 7) is 7.16. The van der Waals surface area contributed by atoms with E-state index in [4.69, 9.17) is 4.74 Å². The third-order valence-electron chi connectivity index (χ3n) is 2.96. The molecule has 1 aromatic rings. The number of nitrogens with one attached hydrogen (secondary N) is 1. The Morgan fingerprint density at radius 2 is 1.86 bits per heavy atom. The molecule has 3 heteroatoms. The largest absolute Gasteiger partial charge is 0.507 e. The van der Waals surface area contributed by atoms with Crippen molar-refractivity contribution in [3.8, 4) is 11.5 Å². The van der Waals surface area contributed by atoms with Gasteiger partial charge in [0.2, 0.25) is 0 Å². The van der Waals surface area contributed by atoms with Crippen LogP contribution in [0.4, 0.5) is 0 Å². The van der Waals surface area contributed by atoms with Crippen LogP contribution in [0.1, 0.15) is 22.3 Å². The second kappa shape index (κ2) is 3.17. The zero-order valence-electron chi connectivity index (χ0n) is 8.77.